The SMILES string of the molecule is CCCCN(CCCC)c1ccc(C2(c3c(C)n(CC)c4ccccc34)OC(=O)c3ccccc32)c(OCc2ccccc2)c1. The van der Waals surface area contributed by atoms with Gasteiger partial charge < -0.3 is 18.9 Å². The molecule has 0 amide bonds. The number of aromatic nitrogens is 1. The molecule has 1 aliphatic heterocycles. The number of aryl methyl sites for hydroxylation is 1. The first-order valence-electron chi connectivity index (χ1n) is 16.5. The summed E-state index contributed by atoms with van der Waals surface area (Å²) in [5.74, 6) is 0.413. The van der Waals surface area contributed by atoms with Gasteiger partial charge in [-0.25, -0.2) is 4.79 Å². The molecule has 5 nitrogen and oxygen atoms in total. The number of esters is 1. The third kappa shape index (κ3) is 5.50. The summed E-state index contributed by atoms with van der Waals surface area (Å²) in [5, 5.41) is 1.08. The van der Waals surface area contributed by atoms with Crippen molar-refractivity contribution < 1.29 is 14.3 Å². The number of hydrogen-bond acceptors (Lipinski definition) is 4. The zero-order chi connectivity index (χ0) is 31.4. The predicted octanol–water partition coefficient (Wildman–Crippen LogP) is 9.42. The van der Waals surface area contributed by atoms with Crippen molar-refractivity contribution in [3.05, 3.63) is 131 Å². The van der Waals surface area contributed by atoms with Crippen molar-refractivity contribution in [1.82, 2.24) is 4.57 Å². The Bertz CT molecular complexity index is 1780. The number of unbranched alkanes of at least 4 members (excludes halogenated alkanes) is 2. The second-order valence-corrected chi connectivity index (χ2v) is 12.0. The number of para-hydroxylation sites is 1. The molecule has 0 aliphatic carbocycles. The van der Waals surface area contributed by atoms with Crippen molar-refractivity contribution in [2.45, 2.75) is 72.1 Å². The van der Waals surface area contributed by atoms with Crippen molar-refractivity contribution in [2.75, 3.05) is 18.0 Å². The lowest BCUT2D eigenvalue weighted by Gasteiger charge is -2.33. The first kappa shape index (κ1) is 30.5. The Labute approximate surface area is 267 Å². The summed E-state index contributed by atoms with van der Waals surface area (Å²) in [7, 11) is 0. The van der Waals surface area contributed by atoms with Crippen LogP contribution in [0, 0.1) is 6.92 Å². The van der Waals surface area contributed by atoms with Crippen molar-refractivity contribution in [3.63, 3.8) is 0 Å². The summed E-state index contributed by atoms with van der Waals surface area (Å²) >= 11 is 0. The molecule has 5 aromatic rings. The van der Waals surface area contributed by atoms with E-state index in [2.05, 4.69) is 91.8 Å². The Morgan fingerprint density at radius 1 is 0.800 bits per heavy atom. The molecule has 0 fully saturated rings. The minimum absolute atomic E-state index is 0.316. The minimum Gasteiger partial charge on any atom is -0.488 e. The molecule has 1 unspecified atom stereocenters. The number of carbonyl (C=O) groups excluding carboxylic acids is 1. The molecule has 1 aliphatic rings. The van der Waals surface area contributed by atoms with Crippen LogP contribution in [0.1, 0.15) is 84.8 Å². The molecule has 232 valence electrons. The van der Waals surface area contributed by atoms with E-state index in [1.54, 1.807) is 0 Å². The molecule has 45 heavy (non-hydrogen) atoms. The summed E-state index contributed by atoms with van der Waals surface area (Å²) < 4.78 is 15.8. The molecule has 2 heterocycles. The Morgan fingerprint density at radius 3 is 2.22 bits per heavy atom. The van der Waals surface area contributed by atoms with E-state index in [4.69, 9.17) is 9.47 Å². The number of carbonyl (C=O) groups is 1. The Kier molecular flexibility index (Phi) is 8.97. The van der Waals surface area contributed by atoms with Gasteiger partial charge in [0.05, 0.1) is 5.56 Å². The monoisotopic (exact) mass is 600 g/mol. The zero-order valence-electron chi connectivity index (χ0n) is 27.0. The molecule has 0 spiro atoms. The molecule has 1 atom stereocenters. The third-order valence-electron chi connectivity index (χ3n) is 9.18. The van der Waals surface area contributed by atoms with Gasteiger partial charge in [0, 0.05) is 64.7 Å². The predicted molar refractivity (Wildman–Crippen MR) is 183 cm³/mol. The fourth-order valence-corrected chi connectivity index (χ4v) is 6.94. The number of cyclic esters (lactones) is 1. The van der Waals surface area contributed by atoms with Gasteiger partial charge in [-0.05, 0) is 56.5 Å². The van der Waals surface area contributed by atoms with Crippen LogP contribution in [0.4, 0.5) is 5.69 Å². The number of rotatable bonds is 13. The topological polar surface area (TPSA) is 43.7 Å². The normalized spacial score (nSPS) is 15.7. The number of fused-ring (bicyclic) bond motifs is 2. The standard InChI is InChI=1S/C40H44N2O3/c1-5-8-25-41(26-9-6-2)31-23-24-35(37(27-31)44-28-30-17-11-10-12-18-30)40(34-21-15-13-19-32(34)39(43)45-40)38-29(4)42(7-3)36-22-16-14-20-33(36)38/h10-24,27H,5-9,25-26,28H2,1-4H3. The van der Waals surface area contributed by atoms with Gasteiger partial charge in [-0.2, -0.15) is 0 Å². The highest BCUT2D eigenvalue weighted by atomic mass is 16.6. The maximum atomic E-state index is 13.8. The number of anilines is 1. The van der Waals surface area contributed by atoms with E-state index >= 15 is 0 Å². The smallest absolute Gasteiger partial charge is 0.340 e. The maximum Gasteiger partial charge on any atom is 0.340 e. The van der Waals surface area contributed by atoms with Crippen molar-refractivity contribution >= 4 is 22.6 Å². The number of benzene rings is 4. The molecule has 4 aromatic carbocycles. The highest BCUT2D eigenvalue weighted by Crippen LogP contribution is 2.53. The van der Waals surface area contributed by atoms with Crippen LogP contribution in [0.3, 0.4) is 0 Å². The summed E-state index contributed by atoms with van der Waals surface area (Å²) in [6, 6.07) is 33.0. The van der Waals surface area contributed by atoms with Gasteiger partial charge >= 0.3 is 5.97 Å². The van der Waals surface area contributed by atoms with Crippen molar-refractivity contribution in [1.29, 1.82) is 0 Å². The third-order valence-corrected chi connectivity index (χ3v) is 9.18. The van der Waals surface area contributed by atoms with E-state index in [0.717, 1.165) is 95.6 Å². The van der Waals surface area contributed by atoms with Crippen LogP contribution < -0.4 is 9.64 Å². The van der Waals surface area contributed by atoms with Crippen LogP contribution in [0.5, 0.6) is 5.75 Å². The summed E-state index contributed by atoms with van der Waals surface area (Å²) in [6.45, 7) is 12.0. The van der Waals surface area contributed by atoms with Crippen molar-refractivity contribution in [3.8, 4) is 5.75 Å². The largest absolute Gasteiger partial charge is 0.488 e. The molecular formula is C40H44N2O3. The second-order valence-electron chi connectivity index (χ2n) is 12.0. The molecule has 0 N–H and O–H groups in total. The number of nitrogens with zero attached hydrogens (tertiary/aromatic N) is 2. The lowest BCUT2D eigenvalue weighted by Crippen LogP contribution is -2.32. The van der Waals surface area contributed by atoms with Gasteiger partial charge in [-0.1, -0.05) is 93.4 Å². The molecule has 0 bridgehead atoms. The summed E-state index contributed by atoms with van der Waals surface area (Å²) in [5.41, 5.74) is 6.51. The van der Waals surface area contributed by atoms with E-state index < -0.39 is 5.60 Å². The molecule has 0 radical (unpaired) electrons. The molecular weight excluding hydrogens is 556 g/mol. The van der Waals surface area contributed by atoms with E-state index in [0.29, 0.717) is 12.2 Å². The fraction of sp³-hybridized carbons (Fsp3) is 0.325. The molecule has 1 aromatic heterocycles. The fourth-order valence-electron chi connectivity index (χ4n) is 6.94. The maximum absolute atomic E-state index is 13.8. The van der Waals surface area contributed by atoms with Crippen LogP contribution in [-0.2, 0) is 23.5 Å². The van der Waals surface area contributed by atoms with E-state index in [-0.39, 0.29) is 5.97 Å². The van der Waals surface area contributed by atoms with Crippen LogP contribution in [0.25, 0.3) is 10.9 Å². The average Bonchev–Trinajstić information content (AvgIpc) is 3.54. The van der Waals surface area contributed by atoms with Gasteiger partial charge in [-0.3, -0.25) is 0 Å². The van der Waals surface area contributed by atoms with E-state index in [9.17, 15) is 4.79 Å². The van der Waals surface area contributed by atoms with Crippen LogP contribution in [-0.4, -0.2) is 23.6 Å². The first-order chi connectivity index (χ1) is 22.0. The first-order valence-corrected chi connectivity index (χ1v) is 16.5. The van der Waals surface area contributed by atoms with Gasteiger partial charge in [0.25, 0.3) is 0 Å². The van der Waals surface area contributed by atoms with Gasteiger partial charge in [0.2, 0.25) is 0 Å². The van der Waals surface area contributed by atoms with Crippen LogP contribution >= 0.6 is 0 Å². The van der Waals surface area contributed by atoms with Crippen molar-refractivity contribution in [2.24, 2.45) is 0 Å². The molecule has 5 heteroatoms. The minimum atomic E-state index is -1.18. The number of ether oxygens (including phenoxy) is 2. The highest BCUT2D eigenvalue weighted by molar-refractivity contribution is 5.99. The Hall–Kier alpha value is -4.51. The van der Waals surface area contributed by atoms with E-state index in [1.165, 1.54) is 0 Å². The van der Waals surface area contributed by atoms with Gasteiger partial charge in [0.1, 0.15) is 12.4 Å². The van der Waals surface area contributed by atoms with Crippen LogP contribution in [0.2, 0.25) is 0 Å². The summed E-state index contributed by atoms with van der Waals surface area (Å²) in [6.07, 6.45) is 4.51. The summed E-state index contributed by atoms with van der Waals surface area (Å²) in [4.78, 5) is 16.2. The molecule has 6 rings (SSSR count). The lowest BCUT2D eigenvalue weighted by molar-refractivity contribution is 0.0245. The Morgan fingerprint density at radius 2 is 1.49 bits per heavy atom. The second kappa shape index (κ2) is 13.2. The Balaban J connectivity index is 1.62. The quantitative estimate of drug-likeness (QED) is 0.126. The lowest BCUT2D eigenvalue weighted by atomic mass is 9.78. The van der Waals surface area contributed by atoms with Gasteiger partial charge in [-0.15, -0.1) is 0 Å². The van der Waals surface area contributed by atoms with E-state index in [1.807, 2.05) is 42.5 Å². The average molecular weight is 601 g/mol. The highest BCUT2D eigenvalue weighted by Gasteiger charge is 2.52. The number of hydrogen-bond donors (Lipinski definition) is 0. The van der Waals surface area contributed by atoms with Crippen LogP contribution in [0.15, 0.2) is 97.1 Å². The molecule has 0 saturated heterocycles. The zero-order valence-corrected chi connectivity index (χ0v) is 27.0. The molecule has 0 saturated carbocycles. The van der Waals surface area contributed by atoms with Gasteiger partial charge in [0.15, 0.2) is 5.60 Å².